The van der Waals surface area contributed by atoms with E-state index in [1.807, 2.05) is 45.7 Å². The smallest absolute Gasteiger partial charge is 0.407 e. The van der Waals surface area contributed by atoms with Gasteiger partial charge >= 0.3 is 12.2 Å². The summed E-state index contributed by atoms with van der Waals surface area (Å²) in [6, 6.07) is 15.1. The zero-order valence-electron chi connectivity index (χ0n) is 35.3. The van der Waals surface area contributed by atoms with E-state index in [0.29, 0.717) is 31.3 Å². The van der Waals surface area contributed by atoms with Gasteiger partial charge in [0.05, 0.1) is 50.6 Å². The molecule has 4 N–H and O–H groups in total. The fourth-order valence-corrected chi connectivity index (χ4v) is 8.18. The van der Waals surface area contributed by atoms with Crippen LogP contribution in [-0.4, -0.2) is 93.1 Å². The number of amides is 4. The lowest BCUT2D eigenvalue weighted by Crippen LogP contribution is -2.51. The molecule has 4 amide bonds. The van der Waals surface area contributed by atoms with Crippen LogP contribution in [0, 0.1) is 11.8 Å². The van der Waals surface area contributed by atoms with Crippen molar-refractivity contribution in [1.82, 2.24) is 40.4 Å². The molecule has 2 aliphatic heterocycles. The number of aromatic nitrogens is 4. The van der Waals surface area contributed by atoms with Crippen LogP contribution in [0.2, 0.25) is 0 Å². The molecule has 316 valence electrons. The number of hydrogen-bond acceptors (Lipinski definition) is 9. The second-order valence-corrected chi connectivity index (χ2v) is 16.1. The first-order valence-corrected chi connectivity index (χ1v) is 20.6. The number of aromatic amines is 2. The van der Waals surface area contributed by atoms with Crippen LogP contribution in [0.25, 0.3) is 44.4 Å². The van der Waals surface area contributed by atoms with Crippen LogP contribution in [0.5, 0.6) is 5.75 Å². The highest BCUT2D eigenvalue weighted by molar-refractivity contribution is 5.98. The van der Waals surface area contributed by atoms with E-state index in [1.165, 1.54) is 14.2 Å². The van der Waals surface area contributed by atoms with E-state index < -0.39 is 24.3 Å². The van der Waals surface area contributed by atoms with E-state index in [4.69, 9.17) is 19.2 Å². The van der Waals surface area contributed by atoms with Crippen molar-refractivity contribution in [1.29, 1.82) is 0 Å². The quantitative estimate of drug-likeness (QED) is 0.0944. The third-order valence-corrected chi connectivity index (χ3v) is 11.4. The predicted molar refractivity (Wildman–Crippen MR) is 227 cm³/mol. The van der Waals surface area contributed by atoms with Gasteiger partial charge in [0.1, 0.15) is 36.1 Å². The fraction of sp³-hybridized carbons (Fsp3) is 0.422. The molecule has 0 bridgehead atoms. The first-order valence-electron chi connectivity index (χ1n) is 20.6. The molecule has 3 atom stereocenters. The van der Waals surface area contributed by atoms with E-state index in [-0.39, 0.29) is 36.2 Å². The molecule has 3 aromatic carbocycles. The normalized spacial score (nSPS) is 15.6. The number of hydrogen-bond donors (Lipinski definition) is 4. The third kappa shape index (κ3) is 8.52. The average molecular weight is 819 g/mol. The second-order valence-electron chi connectivity index (χ2n) is 16.1. The minimum absolute atomic E-state index is 0.115. The van der Waals surface area contributed by atoms with Crippen molar-refractivity contribution in [3.05, 3.63) is 78.1 Å². The molecule has 15 heteroatoms. The van der Waals surface area contributed by atoms with Crippen LogP contribution in [0.15, 0.2) is 60.9 Å². The molecule has 60 heavy (non-hydrogen) atoms. The molecule has 0 saturated carbocycles. The molecular weight excluding hydrogens is 765 g/mol. The maximum atomic E-state index is 13.6. The maximum Gasteiger partial charge on any atom is 0.407 e. The van der Waals surface area contributed by atoms with Gasteiger partial charge in [0.25, 0.3) is 0 Å². The lowest BCUT2D eigenvalue weighted by atomic mass is 9.92. The van der Waals surface area contributed by atoms with Crippen molar-refractivity contribution < 1.29 is 33.4 Å². The molecule has 2 aromatic heterocycles. The number of rotatable bonds is 13. The number of ether oxygens (including phenoxy) is 3. The highest BCUT2D eigenvalue weighted by atomic mass is 16.5. The number of nitrogens with zero attached hydrogens (tertiary/aromatic N) is 4. The van der Waals surface area contributed by atoms with Gasteiger partial charge in [-0.15, -0.1) is 0 Å². The first-order chi connectivity index (χ1) is 28.9. The van der Waals surface area contributed by atoms with Gasteiger partial charge in [-0.25, -0.2) is 19.6 Å². The summed E-state index contributed by atoms with van der Waals surface area (Å²) in [7, 11) is 2.57. The molecule has 0 aliphatic carbocycles. The summed E-state index contributed by atoms with van der Waals surface area (Å²) in [5.41, 5.74) is 6.74. The number of carbonyl (C=O) groups excluding carboxylic acids is 4. The standard InChI is InChI=1S/C45H54N8O7/c1-8-17-52(42(54)38(25(2)3)50-44(56)58-6)23-37-46-21-34(48-37)29-12-14-31-30(20-29)24-60-40-32-15-13-28(19-27(32)11-16-33(31)40)35-22-47-41(49-35)36-10-9-18-53(36)43(55)39(26(4)5)51-45(57)59-7/h11-16,19-22,25-26,36,38-39H,8-10,17-18,23-24H2,1-7H3,(H,46,48)(H,47,49)(H,50,56)(H,51,57). The molecule has 1 fully saturated rings. The van der Waals surface area contributed by atoms with Crippen LogP contribution in [0.4, 0.5) is 9.59 Å². The number of H-pyrrole nitrogens is 2. The molecule has 5 aromatic rings. The van der Waals surface area contributed by atoms with Gasteiger partial charge in [0.15, 0.2) is 0 Å². The molecule has 1 saturated heterocycles. The van der Waals surface area contributed by atoms with E-state index in [9.17, 15) is 19.2 Å². The van der Waals surface area contributed by atoms with Crippen LogP contribution in [-0.2, 0) is 32.2 Å². The highest BCUT2D eigenvalue weighted by Crippen LogP contribution is 2.44. The largest absolute Gasteiger partial charge is 0.488 e. The average Bonchev–Trinajstić information content (AvgIpc) is 4.05. The van der Waals surface area contributed by atoms with Crippen molar-refractivity contribution in [3.8, 4) is 39.4 Å². The van der Waals surface area contributed by atoms with Gasteiger partial charge in [-0.2, -0.15) is 0 Å². The van der Waals surface area contributed by atoms with E-state index in [1.54, 1.807) is 11.1 Å². The molecule has 15 nitrogen and oxygen atoms in total. The van der Waals surface area contributed by atoms with Crippen molar-refractivity contribution >= 4 is 34.8 Å². The number of alkyl carbamates (subject to hydrolysis) is 2. The fourth-order valence-electron chi connectivity index (χ4n) is 8.18. The Morgan fingerprint density at radius 3 is 2.25 bits per heavy atom. The lowest BCUT2D eigenvalue weighted by molar-refractivity contribution is -0.136. The van der Waals surface area contributed by atoms with Gasteiger partial charge in [-0.1, -0.05) is 65.0 Å². The van der Waals surface area contributed by atoms with Gasteiger partial charge in [-0.3, -0.25) is 9.59 Å². The zero-order chi connectivity index (χ0) is 42.7. The Morgan fingerprint density at radius 1 is 0.867 bits per heavy atom. The number of benzene rings is 3. The van der Waals surface area contributed by atoms with Gasteiger partial charge < -0.3 is 44.6 Å². The molecule has 7 rings (SSSR count). The summed E-state index contributed by atoms with van der Waals surface area (Å²) in [6.45, 7) is 11.3. The number of methoxy groups -OCH3 is 2. The summed E-state index contributed by atoms with van der Waals surface area (Å²) in [5, 5.41) is 7.41. The first kappa shape index (κ1) is 41.8. The van der Waals surface area contributed by atoms with Crippen molar-refractivity contribution in [3.63, 3.8) is 0 Å². The number of likely N-dealkylation sites (tertiary alicyclic amines) is 1. The number of carbonyl (C=O) groups is 4. The minimum atomic E-state index is -0.720. The Balaban J connectivity index is 1.07. The van der Waals surface area contributed by atoms with Crippen molar-refractivity contribution in [2.75, 3.05) is 27.3 Å². The van der Waals surface area contributed by atoms with Crippen molar-refractivity contribution in [2.24, 2.45) is 11.8 Å². The summed E-state index contributed by atoms with van der Waals surface area (Å²) in [5.74, 6) is 1.61. The predicted octanol–water partition coefficient (Wildman–Crippen LogP) is 7.34. The zero-order valence-corrected chi connectivity index (χ0v) is 35.3. The molecule has 4 heterocycles. The van der Waals surface area contributed by atoms with Crippen molar-refractivity contribution in [2.45, 2.75) is 85.2 Å². The van der Waals surface area contributed by atoms with E-state index in [2.05, 4.69) is 74.1 Å². The van der Waals surface area contributed by atoms with Gasteiger partial charge in [-0.05, 0) is 71.4 Å². The van der Waals surface area contributed by atoms with E-state index >= 15 is 0 Å². The number of nitrogens with one attached hydrogen (secondary N) is 4. The van der Waals surface area contributed by atoms with Crippen LogP contribution in [0.1, 0.15) is 77.1 Å². The SMILES string of the molecule is CCCN(Cc1ncc(-c2ccc3c(c2)COc2c-3ccc3cc(-c4cnc(C5CCCN5C(=O)C(NC(=O)OC)C(C)C)[nH]4)ccc23)[nH]1)C(=O)C(NC(=O)OC)C(C)C. The molecular formula is C45H54N8O7. The van der Waals surface area contributed by atoms with Crippen LogP contribution in [0.3, 0.4) is 0 Å². The molecule has 0 spiro atoms. The van der Waals surface area contributed by atoms with Gasteiger partial charge in [0.2, 0.25) is 11.8 Å². The number of imidazole rings is 2. The summed E-state index contributed by atoms with van der Waals surface area (Å²) < 4.78 is 16.0. The summed E-state index contributed by atoms with van der Waals surface area (Å²) >= 11 is 0. The van der Waals surface area contributed by atoms with Gasteiger partial charge in [0, 0.05) is 29.6 Å². The third-order valence-electron chi connectivity index (χ3n) is 11.4. The Labute approximate surface area is 349 Å². The Morgan fingerprint density at radius 2 is 1.53 bits per heavy atom. The molecule has 0 radical (unpaired) electrons. The molecule has 3 unspecified atom stereocenters. The summed E-state index contributed by atoms with van der Waals surface area (Å²) in [6.07, 6.45) is 4.68. The number of fused-ring (bicyclic) bond motifs is 5. The Kier molecular flexibility index (Phi) is 12.4. The van der Waals surface area contributed by atoms with E-state index in [0.717, 1.165) is 75.0 Å². The highest BCUT2D eigenvalue weighted by Gasteiger charge is 2.37. The Hall–Kier alpha value is -6.38. The topological polar surface area (TPSA) is 184 Å². The minimum Gasteiger partial charge on any atom is -0.488 e. The lowest BCUT2D eigenvalue weighted by Gasteiger charge is -2.30. The second kappa shape index (κ2) is 17.9. The maximum absolute atomic E-state index is 13.6. The van der Waals surface area contributed by atoms with Crippen LogP contribution >= 0.6 is 0 Å². The monoisotopic (exact) mass is 818 g/mol. The Bertz CT molecular complexity index is 2390. The summed E-state index contributed by atoms with van der Waals surface area (Å²) in [4.78, 5) is 70.9. The molecule has 2 aliphatic rings. The van der Waals surface area contributed by atoms with Crippen LogP contribution < -0.4 is 15.4 Å².